The van der Waals surface area contributed by atoms with E-state index in [0.29, 0.717) is 39.7 Å². The molecule has 31 heavy (non-hydrogen) atoms. The molecule has 1 fully saturated rings. The molecule has 0 saturated carbocycles. The molecule has 0 spiro atoms. The van der Waals surface area contributed by atoms with E-state index < -0.39 is 0 Å². The van der Waals surface area contributed by atoms with E-state index in [4.69, 9.17) is 14.5 Å². The van der Waals surface area contributed by atoms with Gasteiger partial charge < -0.3 is 9.47 Å². The average molecular weight is 439 g/mol. The molecule has 0 unspecified atom stereocenters. The van der Waals surface area contributed by atoms with Crippen LogP contribution in [-0.4, -0.2) is 52.3 Å². The number of nitrogens with zero attached hydrogens (tertiary/aromatic N) is 4. The van der Waals surface area contributed by atoms with Crippen LogP contribution in [0, 0.1) is 0 Å². The summed E-state index contributed by atoms with van der Waals surface area (Å²) in [5, 5.41) is 5.87. The Kier molecular flexibility index (Phi) is 5.94. The lowest BCUT2D eigenvalue weighted by atomic mass is 10.1. The summed E-state index contributed by atoms with van der Waals surface area (Å²) in [4.78, 5) is 32.3. The second-order valence-electron chi connectivity index (χ2n) is 6.92. The first-order valence-corrected chi connectivity index (χ1v) is 10.7. The van der Waals surface area contributed by atoms with Crippen molar-refractivity contribution in [1.29, 1.82) is 0 Å². The molecule has 1 saturated heterocycles. The smallest absolute Gasteiger partial charge is 0.280 e. The molecule has 160 valence electrons. The van der Waals surface area contributed by atoms with Crippen LogP contribution in [0.25, 0.3) is 10.8 Å². The molecule has 0 N–H and O–H groups in total. The number of carbonyl (C=O) groups excluding carboxylic acids is 1. The van der Waals surface area contributed by atoms with Crippen molar-refractivity contribution in [3.8, 4) is 11.5 Å². The van der Waals surface area contributed by atoms with Gasteiger partial charge in [0, 0.05) is 30.8 Å². The van der Waals surface area contributed by atoms with Gasteiger partial charge in [0.05, 0.1) is 25.3 Å². The van der Waals surface area contributed by atoms with Crippen LogP contribution in [0.2, 0.25) is 0 Å². The highest BCUT2D eigenvalue weighted by atomic mass is 32.2. The molecule has 1 aliphatic heterocycles. The molecule has 2 heterocycles. The third kappa shape index (κ3) is 4.00. The van der Waals surface area contributed by atoms with Gasteiger partial charge in [-0.2, -0.15) is 5.10 Å². The quantitative estimate of drug-likeness (QED) is 0.622. The topological polar surface area (TPSA) is 86.0 Å². The van der Waals surface area contributed by atoms with Crippen molar-refractivity contribution in [2.24, 2.45) is 12.0 Å². The molecular formula is C22H22N4O4S. The summed E-state index contributed by atoms with van der Waals surface area (Å²) in [6.07, 6.45) is 0.838. The van der Waals surface area contributed by atoms with E-state index in [1.54, 1.807) is 62.6 Å². The number of ether oxygens (including phenoxy) is 2. The van der Waals surface area contributed by atoms with Gasteiger partial charge in [-0.15, -0.1) is 0 Å². The van der Waals surface area contributed by atoms with Crippen molar-refractivity contribution in [2.75, 3.05) is 26.5 Å². The van der Waals surface area contributed by atoms with Crippen LogP contribution < -0.4 is 15.0 Å². The second kappa shape index (κ2) is 8.81. The Bertz CT molecular complexity index is 1240. The molecule has 3 aromatic rings. The first kappa shape index (κ1) is 20.9. The molecule has 1 aromatic heterocycles. The predicted molar refractivity (Wildman–Crippen MR) is 122 cm³/mol. The van der Waals surface area contributed by atoms with Gasteiger partial charge in [0.25, 0.3) is 11.5 Å². The summed E-state index contributed by atoms with van der Waals surface area (Å²) in [6.45, 7) is 0.525. The molecule has 1 aliphatic rings. The number of amidine groups is 1. The van der Waals surface area contributed by atoms with E-state index in [-0.39, 0.29) is 17.2 Å². The largest absolute Gasteiger partial charge is 0.493 e. The molecule has 1 amide bonds. The number of carbonyl (C=O) groups is 1. The van der Waals surface area contributed by atoms with Crippen molar-refractivity contribution >= 4 is 39.3 Å². The van der Waals surface area contributed by atoms with E-state index in [0.717, 1.165) is 12.2 Å². The lowest BCUT2D eigenvalue weighted by Gasteiger charge is -2.27. The van der Waals surface area contributed by atoms with E-state index in [9.17, 15) is 9.59 Å². The molecule has 8 nitrogen and oxygen atoms in total. The lowest BCUT2D eigenvalue weighted by molar-refractivity contribution is 0.0843. The van der Waals surface area contributed by atoms with E-state index in [1.165, 1.54) is 16.4 Å². The summed E-state index contributed by atoms with van der Waals surface area (Å²) < 4.78 is 11.8. The zero-order chi connectivity index (χ0) is 22.0. The number of benzene rings is 2. The zero-order valence-electron chi connectivity index (χ0n) is 17.5. The summed E-state index contributed by atoms with van der Waals surface area (Å²) >= 11 is 1.51. The number of hydrogen-bond donors (Lipinski definition) is 0. The third-order valence-electron chi connectivity index (χ3n) is 4.98. The summed E-state index contributed by atoms with van der Waals surface area (Å²) in [7, 11) is 4.69. The molecule has 2 aromatic carbocycles. The van der Waals surface area contributed by atoms with Crippen molar-refractivity contribution in [3.63, 3.8) is 0 Å². The van der Waals surface area contributed by atoms with E-state index in [2.05, 4.69) is 5.10 Å². The average Bonchev–Trinajstić information content (AvgIpc) is 2.81. The number of amides is 1. The van der Waals surface area contributed by atoms with Gasteiger partial charge in [0.2, 0.25) is 0 Å². The van der Waals surface area contributed by atoms with Crippen LogP contribution in [0.15, 0.2) is 52.3 Å². The van der Waals surface area contributed by atoms with Gasteiger partial charge in [-0.1, -0.05) is 30.0 Å². The molecule has 4 rings (SSSR count). The second-order valence-corrected chi connectivity index (χ2v) is 7.98. The van der Waals surface area contributed by atoms with E-state index >= 15 is 0 Å². The van der Waals surface area contributed by atoms with Crippen LogP contribution >= 0.6 is 11.8 Å². The normalized spacial score (nSPS) is 15.3. The third-order valence-corrected chi connectivity index (χ3v) is 6.05. The Morgan fingerprint density at radius 1 is 1.10 bits per heavy atom. The highest BCUT2D eigenvalue weighted by molar-refractivity contribution is 8.13. The first-order valence-electron chi connectivity index (χ1n) is 9.75. The van der Waals surface area contributed by atoms with Crippen LogP contribution in [0.4, 0.5) is 5.69 Å². The van der Waals surface area contributed by atoms with Gasteiger partial charge >= 0.3 is 0 Å². The maximum atomic E-state index is 13.5. The summed E-state index contributed by atoms with van der Waals surface area (Å²) in [6, 6.07) is 12.4. The van der Waals surface area contributed by atoms with Gasteiger partial charge in [-0.05, 0) is 24.6 Å². The molecule has 0 radical (unpaired) electrons. The molecule has 0 bridgehead atoms. The fourth-order valence-electron chi connectivity index (χ4n) is 3.43. The van der Waals surface area contributed by atoms with Crippen LogP contribution in [0.5, 0.6) is 11.5 Å². The number of thioether (sulfide) groups is 1. The summed E-state index contributed by atoms with van der Waals surface area (Å²) in [5.74, 6) is 1.75. The molecule has 0 aliphatic carbocycles. The zero-order valence-corrected chi connectivity index (χ0v) is 18.3. The number of methoxy groups -OCH3 is 2. The van der Waals surface area contributed by atoms with Crippen molar-refractivity contribution in [1.82, 2.24) is 14.7 Å². The number of rotatable bonds is 4. The Labute approximate surface area is 183 Å². The molecule has 9 heteroatoms. The maximum absolute atomic E-state index is 13.5. The summed E-state index contributed by atoms with van der Waals surface area (Å²) in [5.41, 5.74) is 0.651. The molecular weight excluding hydrogens is 416 g/mol. The Hall–Kier alpha value is -3.33. The lowest BCUT2D eigenvalue weighted by Crippen LogP contribution is -2.40. The van der Waals surface area contributed by atoms with Crippen LogP contribution in [0.3, 0.4) is 0 Å². The number of fused-ring (bicyclic) bond motifs is 1. The molecule has 0 atom stereocenters. The fourth-order valence-corrected chi connectivity index (χ4v) is 4.39. The van der Waals surface area contributed by atoms with Crippen molar-refractivity contribution in [2.45, 2.75) is 6.42 Å². The fraction of sp³-hybridized carbons (Fsp3) is 0.273. The number of aliphatic imine (C=N–C) groups is 1. The number of aromatic nitrogens is 2. The number of aryl methyl sites for hydroxylation is 1. The minimum Gasteiger partial charge on any atom is -0.493 e. The standard InChI is InChI=1S/C22H22N4O4S/c1-25-20(27)16-8-5-4-7-15(16)19(24-25)21(28)26-11-6-12-31-22(26)23-14-9-10-17(29-2)18(13-14)30-3/h4-5,7-10,13H,6,11-12H2,1-3H3. The van der Waals surface area contributed by atoms with Gasteiger partial charge in [0.15, 0.2) is 22.4 Å². The van der Waals surface area contributed by atoms with Crippen molar-refractivity contribution < 1.29 is 14.3 Å². The minimum absolute atomic E-state index is 0.236. The van der Waals surface area contributed by atoms with Crippen LogP contribution in [-0.2, 0) is 7.05 Å². The van der Waals surface area contributed by atoms with Crippen molar-refractivity contribution in [3.05, 3.63) is 58.5 Å². The maximum Gasteiger partial charge on any atom is 0.280 e. The van der Waals surface area contributed by atoms with Gasteiger partial charge in [-0.3, -0.25) is 14.5 Å². The SMILES string of the molecule is COc1ccc(N=C2SCCCN2C(=O)c2nn(C)c(=O)c3ccccc23)cc1OC. The van der Waals surface area contributed by atoms with Gasteiger partial charge in [-0.25, -0.2) is 9.67 Å². The minimum atomic E-state index is -0.279. The van der Waals surface area contributed by atoms with Gasteiger partial charge in [0.1, 0.15) is 0 Å². The Morgan fingerprint density at radius 3 is 2.58 bits per heavy atom. The highest BCUT2D eigenvalue weighted by Crippen LogP contribution is 2.32. The monoisotopic (exact) mass is 438 g/mol. The predicted octanol–water partition coefficient (Wildman–Crippen LogP) is 3.22. The highest BCUT2D eigenvalue weighted by Gasteiger charge is 2.28. The van der Waals surface area contributed by atoms with Crippen LogP contribution in [0.1, 0.15) is 16.9 Å². The first-order chi connectivity index (χ1) is 15.0. The Balaban J connectivity index is 1.76. The van der Waals surface area contributed by atoms with E-state index in [1.807, 2.05) is 6.07 Å². The number of hydrogen-bond acceptors (Lipinski definition) is 7. The Morgan fingerprint density at radius 2 is 1.84 bits per heavy atom.